The molecule has 0 radical (unpaired) electrons. The number of aromatic carboxylic acids is 1. The molecule has 1 N–H and O–H groups in total. The van der Waals surface area contributed by atoms with Gasteiger partial charge in [0, 0.05) is 27.4 Å². The van der Waals surface area contributed by atoms with Gasteiger partial charge in [-0.15, -0.1) is 48.4 Å². The molecule has 0 aliphatic heterocycles. The van der Waals surface area contributed by atoms with Crippen molar-refractivity contribution in [3.63, 3.8) is 0 Å². The molecule has 0 aliphatic rings. The molecular formula is C14H13NO3S4. The van der Waals surface area contributed by atoms with Crippen molar-refractivity contribution >= 4 is 76.2 Å². The SMILES string of the molecule is Cc1nc2c(S)c(S)c3c(C(=O)O)sc(SC(C)C)c3c2o1. The molecule has 0 aliphatic carbocycles. The molecule has 0 unspecified atom stereocenters. The normalized spacial score (nSPS) is 11.9. The summed E-state index contributed by atoms with van der Waals surface area (Å²) >= 11 is 11.8. The van der Waals surface area contributed by atoms with Crippen molar-refractivity contribution in [3.05, 3.63) is 10.8 Å². The molecule has 1 aromatic carbocycles. The van der Waals surface area contributed by atoms with Gasteiger partial charge in [0.25, 0.3) is 0 Å². The van der Waals surface area contributed by atoms with Crippen LogP contribution in [0, 0.1) is 6.92 Å². The Labute approximate surface area is 146 Å². The fourth-order valence-corrected chi connectivity index (χ4v) is 5.58. The highest BCUT2D eigenvalue weighted by atomic mass is 32.2. The summed E-state index contributed by atoms with van der Waals surface area (Å²) in [7, 11) is 0. The van der Waals surface area contributed by atoms with E-state index in [1.165, 1.54) is 11.3 Å². The molecular weight excluding hydrogens is 358 g/mol. The second kappa shape index (κ2) is 5.67. The van der Waals surface area contributed by atoms with E-state index in [0.717, 1.165) is 9.60 Å². The lowest BCUT2D eigenvalue weighted by Crippen LogP contribution is -1.93. The number of aryl methyl sites for hydroxylation is 1. The van der Waals surface area contributed by atoms with E-state index in [1.807, 2.05) is 0 Å². The maximum atomic E-state index is 11.6. The second-order valence-electron chi connectivity index (χ2n) is 5.05. The number of nitrogens with zero attached hydrogens (tertiary/aromatic N) is 1. The number of hydrogen-bond acceptors (Lipinski definition) is 7. The number of carboxylic acid groups (broad SMARTS) is 1. The topological polar surface area (TPSA) is 63.3 Å². The van der Waals surface area contributed by atoms with Crippen molar-refractivity contribution in [1.82, 2.24) is 4.98 Å². The van der Waals surface area contributed by atoms with Crippen LogP contribution >= 0.6 is 48.4 Å². The summed E-state index contributed by atoms with van der Waals surface area (Å²) < 4.78 is 6.65. The molecule has 0 spiro atoms. The number of thioether (sulfide) groups is 1. The average Bonchev–Trinajstić information content (AvgIpc) is 2.96. The van der Waals surface area contributed by atoms with E-state index >= 15 is 0 Å². The minimum atomic E-state index is -0.968. The summed E-state index contributed by atoms with van der Waals surface area (Å²) in [5.74, 6) is -0.446. The third kappa shape index (κ3) is 2.42. The van der Waals surface area contributed by atoms with Crippen molar-refractivity contribution in [2.45, 2.75) is 40.0 Å². The molecule has 116 valence electrons. The first-order valence-electron chi connectivity index (χ1n) is 6.48. The van der Waals surface area contributed by atoms with Gasteiger partial charge in [0.1, 0.15) is 10.4 Å². The molecule has 0 saturated carbocycles. The summed E-state index contributed by atoms with van der Waals surface area (Å²) in [6.45, 7) is 5.89. The first kappa shape index (κ1) is 16.0. The van der Waals surface area contributed by atoms with Crippen molar-refractivity contribution < 1.29 is 14.3 Å². The Morgan fingerprint density at radius 3 is 2.59 bits per heavy atom. The monoisotopic (exact) mass is 371 g/mol. The highest BCUT2D eigenvalue weighted by molar-refractivity contribution is 8.02. The Bertz CT molecular complexity index is 910. The van der Waals surface area contributed by atoms with Gasteiger partial charge in [-0.2, -0.15) is 0 Å². The first-order chi connectivity index (χ1) is 10.3. The van der Waals surface area contributed by atoms with Gasteiger partial charge in [0.05, 0.1) is 9.60 Å². The smallest absolute Gasteiger partial charge is 0.346 e. The summed E-state index contributed by atoms with van der Waals surface area (Å²) in [4.78, 5) is 17.3. The highest BCUT2D eigenvalue weighted by Crippen LogP contribution is 2.48. The summed E-state index contributed by atoms with van der Waals surface area (Å²) in [5, 5.41) is 11.2. The quantitative estimate of drug-likeness (QED) is 0.440. The van der Waals surface area contributed by atoms with Crippen molar-refractivity contribution in [2.24, 2.45) is 0 Å². The van der Waals surface area contributed by atoms with Gasteiger partial charge in [-0.25, -0.2) is 9.78 Å². The van der Waals surface area contributed by atoms with Crippen LogP contribution in [0.5, 0.6) is 0 Å². The second-order valence-corrected chi connectivity index (χ2v) is 8.81. The molecule has 2 heterocycles. The molecule has 4 nitrogen and oxygen atoms in total. The van der Waals surface area contributed by atoms with Crippen LogP contribution < -0.4 is 0 Å². The minimum absolute atomic E-state index is 0.259. The highest BCUT2D eigenvalue weighted by Gasteiger charge is 2.26. The van der Waals surface area contributed by atoms with Gasteiger partial charge in [-0.3, -0.25) is 0 Å². The number of aromatic nitrogens is 1. The Morgan fingerprint density at radius 2 is 2.00 bits per heavy atom. The van der Waals surface area contributed by atoms with Crippen molar-refractivity contribution in [3.8, 4) is 0 Å². The lowest BCUT2D eigenvalue weighted by Gasteiger charge is -2.05. The largest absolute Gasteiger partial charge is 0.477 e. The number of benzene rings is 1. The van der Waals surface area contributed by atoms with Crippen LogP contribution in [0.1, 0.15) is 29.4 Å². The van der Waals surface area contributed by atoms with Gasteiger partial charge in [0.15, 0.2) is 11.5 Å². The van der Waals surface area contributed by atoms with Gasteiger partial charge < -0.3 is 9.52 Å². The molecule has 22 heavy (non-hydrogen) atoms. The van der Waals surface area contributed by atoms with E-state index < -0.39 is 5.97 Å². The number of thiophene rings is 1. The van der Waals surface area contributed by atoms with Gasteiger partial charge in [0.2, 0.25) is 0 Å². The molecule has 3 aromatic rings. The molecule has 2 aromatic heterocycles. The number of oxazole rings is 1. The lowest BCUT2D eigenvalue weighted by atomic mass is 10.1. The van der Waals surface area contributed by atoms with Gasteiger partial charge >= 0.3 is 5.97 Å². The maximum absolute atomic E-state index is 11.6. The van der Waals surface area contributed by atoms with E-state index in [1.54, 1.807) is 18.7 Å². The van der Waals surface area contributed by atoms with E-state index in [9.17, 15) is 9.90 Å². The van der Waals surface area contributed by atoms with Gasteiger partial charge in [-0.1, -0.05) is 13.8 Å². The molecule has 0 fully saturated rings. The van der Waals surface area contributed by atoms with Gasteiger partial charge in [-0.05, 0) is 0 Å². The van der Waals surface area contributed by atoms with E-state index in [0.29, 0.717) is 37.4 Å². The third-order valence-corrected chi connectivity index (χ3v) is 6.52. The molecule has 8 heteroatoms. The number of carbonyl (C=O) groups is 1. The first-order valence-corrected chi connectivity index (χ1v) is 9.07. The van der Waals surface area contributed by atoms with Crippen LogP contribution in [-0.4, -0.2) is 21.3 Å². The molecule has 3 rings (SSSR count). The predicted octanol–water partition coefficient (Wildman–Crippen LogP) is 5.13. The lowest BCUT2D eigenvalue weighted by molar-refractivity contribution is 0.0704. The number of thiol groups is 2. The minimum Gasteiger partial charge on any atom is -0.477 e. The Morgan fingerprint density at radius 1 is 1.32 bits per heavy atom. The van der Waals surface area contributed by atoms with E-state index in [4.69, 9.17) is 4.42 Å². The Kier molecular flexibility index (Phi) is 4.13. The Hall–Kier alpha value is -0.830. The standard InChI is InChI=1S/C14H13NO3S4/c1-4(2)21-14-6-7(12(22-14)13(16)17)10(19)11(20)8-9(6)18-5(3)15-8/h4,19-20H,1-3H3,(H,16,17). The van der Waals surface area contributed by atoms with Crippen LogP contribution in [0.15, 0.2) is 18.4 Å². The van der Waals surface area contributed by atoms with Crippen LogP contribution in [0.3, 0.4) is 0 Å². The molecule has 0 bridgehead atoms. The number of hydrogen-bond donors (Lipinski definition) is 3. The van der Waals surface area contributed by atoms with E-state index in [-0.39, 0.29) is 4.88 Å². The van der Waals surface area contributed by atoms with E-state index in [2.05, 4.69) is 44.1 Å². The average molecular weight is 372 g/mol. The number of rotatable bonds is 3. The third-order valence-electron chi connectivity index (χ3n) is 3.06. The fourth-order valence-electron chi connectivity index (χ4n) is 2.28. The fraction of sp³-hybridized carbons (Fsp3) is 0.286. The zero-order valence-electron chi connectivity index (χ0n) is 12.0. The van der Waals surface area contributed by atoms with Crippen LogP contribution in [0.25, 0.3) is 21.9 Å². The van der Waals surface area contributed by atoms with Crippen LogP contribution in [0.4, 0.5) is 0 Å². The summed E-state index contributed by atoms with van der Waals surface area (Å²) in [6, 6.07) is 0. The van der Waals surface area contributed by atoms with Crippen LogP contribution in [0.2, 0.25) is 0 Å². The molecule has 0 saturated heterocycles. The summed E-state index contributed by atoms with van der Waals surface area (Å²) in [5.41, 5.74) is 1.21. The predicted molar refractivity (Wildman–Crippen MR) is 96.6 cm³/mol. The number of fused-ring (bicyclic) bond motifs is 3. The van der Waals surface area contributed by atoms with Crippen LogP contribution in [-0.2, 0) is 0 Å². The zero-order valence-corrected chi connectivity index (χ0v) is 15.4. The van der Waals surface area contributed by atoms with Crippen molar-refractivity contribution in [1.29, 1.82) is 0 Å². The summed E-state index contributed by atoms with van der Waals surface area (Å²) in [6.07, 6.45) is 0. The maximum Gasteiger partial charge on any atom is 0.346 e. The number of carboxylic acids is 1. The molecule has 0 atom stereocenters. The zero-order chi connectivity index (χ0) is 16.2. The van der Waals surface area contributed by atoms with Crippen molar-refractivity contribution in [2.75, 3.05) is 0 Å². The molecule has 0 amide bonds. The Balaban J connectivity index is 2.54.